The normalized spacial score (nSPS) is 22.4. The largest absolute Gasteiger partial charge is 0.481 e. The zero-order valence-electron chi connectivity index (χ0n) is 12.9. The fourth-order valence-electron chi connectivity index (χ4n) is 2.93. The van der Waals surface area contributed by atoms with Crippen molar-refractivity contribution in [1.82, 2.24) is 0 Å². The third-order valence-corrected chi connectivity index (χ3v) is 4.19. The van der Waals surface area contributed by atoms with Crippen molar-refractivity contribution >= 4 is 5.97 Å². The summed E-state index contributed by atoms with van der Waals surface area (Å²) < 4.78 is 0. The summed E-state index contributed by atoms with van der Waals surface area (Å²) in [6.07, 6.45) is 20.2. The predicted octanol–water partition coefficient (Wildman–Crippen LogP) is 5.35. The van der Waals surface area contributed by atoms with E-state index in [0.717, 1.165) is 25.2 Å². The van der Waals surface area contributed by atoms with E-state index in [-0.39, 0.29) is 6.42 Å². The van der Waals surface area contributed by atoms with Gasteiger partial charge < -0.3 is 5.11 Å². The van der Waals surface area contributed by atoms with Gasteiger partial charge in [-0.05, 0) is 43.9 Å². The molecule has 1 aliphatic rings. The second-order valence-corrected chi connectivity index (χ2v) is 5.93. The Labute approximate surface area is 124 Å². The van der Waals surface area contributed by atoms with Gasteiger partial charge in [0.1, 0.15) is 0 Å². The van der Waals surface area contributed by atoms with E-state index < -0.39 is 5.97 Å². The first-order chi connectivity index (χ1) is 9.74. The van der Waals surface area contributed by atoms with Crippen LogP contribution in [0.5, 0.6) is 0 Å². The fraction of sp³-hybridized carbons (Fsp3) is 0.722. The molecule has 0 aromatic heterocycles. The maximum Gasteiger partial charge on any atom is 0.303 e. The molecule has 0 fully saturated rings. The first kappa shape index (κ1) is 17.0. The molecule has 1 aliphatic carbocycles. The Morgan fingerprint density at radius 2 is 2.00 bits per heavy atom. The summed E-state index contributed by atoms with van der Waals surface area (Å²) in [4.78, 5) is 10.5. The number of allylic oxidation sites excluding steroid dienone is 4. The van der Waals surface area contributed by atoms with Crippen LogP contribution in [0.1, 0.15) is 71.1 Å². The lowest BCUT2D eigenvalue weighted by atomic mass is 9.79. The molecule has 2 unspecified atom stereocenters. The van der Waals surface area contributed by atoms with Crippen LogP contribution < -0.4 is 0 Å². The average Bonchev–Trinajstić information content (AvgIpc) is 2.44. The van der Waals surface area contributed by atoms with E-state index in [9.17, 15) is 4.79 Å². The molecule has 0 aromatic rings. The van der Waals surface area contributed by atoms with Crippen molar-refractivity contribution in [3.05, 3.63) is 24.3 Å². The second kappa shape index (κ2) is 10.7. The standard InChI is InChI=1S/C18H30O2/c1-2-3-4-6-11-16-13-9-10-14-17(16)12-7-5-8-15-18(19)20/h7,9-10,12,16-17H,2-6,8,11,13-15H2,1H3,(H,19,20). The van der Waals surface area contributed by atoms with Crippen LogP contribution in [0.15, 0.2) is 24.3 Å². The van der Waals surface area contributed by atoms with E-state index in [1.165, 1.54) is 38.5 Å². The summed E-state index contributed by atoms with van der Waals surface area (Å²) in [6, 6.07) is 0. The van der Waals surface area contributed by atoms with E-state index in [0.29, 0.717) is 5.92 Å². The highest BCUT2D eigenvalue weighted by Gasteiger charge is 2.19. The summed E-state index contributed by atoms with van der Waals surface area (Å²) in [7, 11) is 0. The molecule has 0 saturated heterocycles. The molecule has 0 radical (unpaired) electrons. The first-order valence-corrected chi connectivity index (χ1v) is 8.27. The zero-order valence-corrected chi connectivity index (χ0v) is 12.9. The second-order valence-electron chi connectivity index (χ2n) is 5.93. The Bertz CT molecular complexity index is 317. The lowest BCUT2D eigenvalue weighted by molar-refractivity contribution is -0.137. The SMILES string of the molecule is CCCCCCC1CC=CCC1C=CCCCC(=O)O. The van der Waals surface area contributed by atoms with Crippen molar-refractivity contribution in [2.75, 3.05) is 0 Å². The number of carbonyl (C=O) groups is 1. The molecule has 0 aliphatic heterocycles. The molecule has 2 heteroatoms. The molecule has 0 saturated carbocycles. The van der Waals surface area contributed by atoms with Gasteiger partial charge in [0.05, 0.1) is 0 Å². The van der Waals surface area contributed by atoms with Crippen molar-refractivity contribution in [3.63, 3.8) is 0 Å². The van der Waals surface area contributed by atoms with Crippen LogP contribution in [0.3, 0.4) is 0 Å². The quantitative estimate of drug-likeness (QED) is 0.432. The van der Waals surface area contributed by atoms with Crippen molar-refractivity contribution in [3.8, 4) is 0 Å². The van der Waals surface area contributed by atoms with Crippen LogP contribution in [0.4, 0.5) is 0 Å². The van der Waals surface area contributed by atoms with Crippen molar-refractivity contribution in [1.29, 1.82) is 0 Å². The van der Waals surface area contributed by atoms with Gasteiger partial charge in [0.25, 0.3) is 0 Å². The highest BCUT2D eigenvalue weighted by Crippen LogP contribution is 2.31. The van der Waals surface area contributed by atoms with Gasteiger partial charge in [0, 0.05) is 6.42 Å². The number of carboxylic acids is 1. The van der Waals surface area contributed by atoms with E-state index in [2.05, 4.69) is 31.2 Å². The number of hydrogen-bond acceptors (Lipinski definition) is 1. The third-order valence-electron chi connectivity index (χ3n) is 4.19. The molecular weight excluding hydrogens is 248 g/mol. The average molecular weight is 278 g/mol. The Balaban J connectivity index is 2.27. The number of hydrogen-bond donors (Lipinski definition) is 1. The van der Waals surface area contributed by atoms with Crippen molar-refractivity contribution in [2.24, 2.45) is 11.8 Å². The van der Waals surface area contributed by atoms with Gasteiger partial charge in [0.2, 0.25) is 0 Å². The van der Waals surface area contributed by atoms with E-state index >= 15 is 0 Å². The Morgan fingerprint density at radius 1 is 1.20 bits per heavy atom. The third kappa shape index (κ3) is 7.52. The van der Waals surface area contributed by atoms with Gasteiger partial charge in [-0.1, -0.05) is 56.9 Å². The molecule has 20 heavy (non-hydrogen) atoms. The van der Waals surface area contributed by atoms with Crippen molar-refractivity contribution in [2.45, 2.75) is 71.1 Å². The van der Waals surface area contributed by atoms with Crippen LogP contribution in [0.25, 0.3) is 0 Å². The molecule has 0 aromatic carbocycles. The maximum absolute atomic E-state index is 10.5. The van der Waals surface area contributed by atoms with Gasteiger partial charge in [-0.3, -0.25) is 4.79 Å². The van der Waals surface area contributed by atoms with Crippen molar-refractivity contribution < 1.29 is 9.90 Å². The summed E-state index contributed by atoms with van der Waals surface area (Å²) in [5.41, 5.74) is 0. The number of rotatable bonds is 10. The molecule has 2 atom stereocenters. The van der Waals surface area contributed by atoms with E-state index in [1.54, 1.807) is 0 Å². The minimum atomic E-state index is -0.687. The minimum absolute atomic E-state index is 0.287. The van der Waals surface area contributed by atoms with Crippen LogP contribution in [0, 0.1) is 11.8 Å². The molecular formula is C18H30O2. The van der Waals surface area contributed by atoms with E-state index in [4.69, 9.17) is 5.11 Å². The highest BCUT2D eigenvalue weighted by atomic mass is 16.4. The number of unbranched alkanes of at least 4 members (excludes halogenated alkanes) is 4. The lowest BCUT2D eigenvalue weighted by Gasteiger charge is -2.26. The Hall–Kier alpha value is -1.05. The van der Waals surface area contributed by atoms with Crippen LogP contribution in [0.2, 0.25) is 0 Å². The van der Waals surface area contributed by atoms with Gasteiger partial charge in [-0.25, -0.2) is 0 Å². The number of carboxylic acid groups (broad SMARTS) is 1. The summed E-state index contributed by atoms with van der Waals surface area (Å²) in [6.45, 7) is 2.26. The molecule has 0 spiro atoms. The summed E-state index contributed by atoms with van der Waals surface area (Å²) in [5.74, 6) is 0.784. The summed E-state index contributed by atoms with van der Waals surface area (Å²) >= 11 is 0. The number of aliphatic carboxylic acids is 1. The Kier molecular flexibility index (Phi) is 9.10. The fourth-order valence-corrected chi connectivity index (χ4v) is 2.93. The topological polar surface area (TPSA) is 37.3 Å². The van der Waals surface area contributed by atoms with Gasteiger partial charge in [-0.15, -0.1) is 0 Å². The predicted molar refractivity (Wildman–Crippen MR) is 84.7 cm³/mol. The molecule has 0 heterocycles. The smallest absolute Gasteiger partial charge is 0.303 e. The van der Waals surface area contributed by atoms with Gasteiger partial charge in [0.15, 0.2) is 0 Å². The lowest BCUT2D eigenvalue weighted by Crippen LogP contribution is -2.14. The zero-order chi connectivity index (χ0) is 14.6. The van der Waals surface area contributed by atoms with Crippen LogP contribution in [-0.2, 0) is 4.79 Å². The highest BCUT2D eigenvalue weighted by molar-refractivity contribution is 5.66. The summed E-state index contributed by atoms with van der Waals surface area (Å²) in [5, 5.41) is 8.61. The molecule has 114 valence electrons. The van der Waals surface area contributed by atoms with Gasteiger partial charge in [-0.2, -0.15) is 0 Å². The Morgan fingerprint density at radius 3 is 2.75 bits per heavy atom. The molecule has 0 bridgehead atoms. The van der Waals surface area contributed by atoms with Crippen LogP contribution in [-0.4, -0.2) is 11.1 Å². The molecule has 2 nitrogen and oxygen atoms in total. The maximum atomic E-state index is 10.5. The molecule has 0 amide bonds. The first-order valence-electron chi connectivity index (χ1n) is 8.27. The van der Waals surface area contributed by atoms with Crippen LogP contribution >= 0.6 is 0 Å². The van der Waals surface area contributed by atoms with Gasteiger partial charge >= 0.3 is 5.97 Å². The molecule has 1 N–H and O–H groups in total. The molecule has 1 rings (SSSR count). The minimum Gasteiger partial charge on any atom is -0.481 e. The monoisotopic (exact) mass is 278 g/mol. The van der Waals surface area contributed by atoms with E-state index in [1.807, 2.05) is 0 Å².